The third-order valence-electron chi connectivity index (χ3n) is 16.3. The van der Waals surface area contributed by atoms with Gasteiger partial charge in [-0.15, -0.1) is 22.7 Å². The average molecular weight is 1070 g/mol. The molecule has 364 valence electrons. The highest BCUT2D eigenvalue weighted by atomic mass is 32.1. The number of hydrogen-bond donors (Lipinski definition) is 0. The Bertz CT molecular complexity index is 3880. The molecular formula is C72H52S2Si3. The fraction of sp³-hybridized carbons (Fsp3) is 0. The summed E-state index contributed by atoms with van der Waals surface area (Å²) in [5.41, 5.74) is 0. The van der Waals surface area contributed by atoms with Crippen molar-refractivity contribution in [1.82, 2.24) is 0 Å². The second-order valence-electron chi connectivity index (χ2n) is 20.2. The number of rotatable bonds is 12. The van der Waals surface area contributed by atoms with E-state index in [9.17, 15) is 0 Å². The van der Waals surface area contributed by atoms with Crippen LogP contribution in [-0.4, -0.2) is 24.2 Å². The van der Waals surface area contributed by atoms with Gasteiger partial charge in [-0.25, -0.2) is 0 Å². The first kappa shape index (κ1) is 47.2. The van der Waals surface area contributed by atoms with Crippen LogP contribution in [0.15, 0.2) is 315 Å². The monoisotopic (exact) mass is 1060 g/mol. The summed E-state index contributed by atoms with van der Waals surface area (Å²) in [5.74, 6) is 0. The average Bonchev–Trinajstić information content (AvgIpc) is 4.23. The standard InChI is InChI=1S/C72H52S2Si3/c1-9-25-53(26-10-1)75(54-27-11-2-12-28-54,55-29-13-3-14-30-55)61-41-45-69-65(49-61)67-51-63(43-47-71(67)73-69)77(59-37-21-7-22-38-59,60-39-23-8-24-40-60)64-44-48-72-68(52-64)66-50-62(42-46-70(66)74-72)76(56-31-15-4-16-32-56,57-33-17-5-18-34-57)58-35-19-6-20-36-58/h1-52H. The van der Waals surface area contributed by atoms with Gasteiger partial charge < -0.3 is 0 Å². The summed E-state index contributed by atoms with van der Waals surface area (Å²) in [6, 6.07) is 121. The van der Waals surface area contributed by atoms with Gasteiger partial charge in [0.1, 0.15) is 0 Å². The first-order chi connectivity index (χ1) is 38.2. The molecule has 0 radical (unpaired) electrons. The van der Waals surface area contributed by atoms with E-state index in [0.29, 0.717) is 0 Å². The first-order valence-electron chi connectivity index (χ1n) is 26.6. The van der Waals surface area contributed by atoms with Crippen molar-refractivity contribution in [2.45, 2.75) is 0 Å². The van der Waals surface area contributed by atoms with Crippen LogP contribution in [0.5, 0.6) is 0 Å². The lowest BCUT2D eigenvalue weighted by Crippen LogP contribution is -2.74. The summed E-state index contributed by atoms with van der Waals surface area (Å²) in [7, 11) is -8.62. The van der Waals surface area contributed by atoms with Gasteiger partial charge in [0.05, 0.1) is 0 Å². The van der Waals surface area contributed by atoms with E-state index < -0.39 is 24.2 Å². The fourth-order valence-corrected chi connectivity index (χ4v) is 29.4. The highest BCUT2D eigenvalue weighted by Crippen LogP contribution is 2.36. The maximum Gasteiger partial charge on any atom is 0.179 e. The lowest BCUT2D eigenvalue weighted by molar-refractivity contribution is 1.68. The predicted molar refractivity (Wildman–Crippen MR) is 343 cm³/mol. The Morgan fingerprint density at radius 3 is 0.481 bits per heavy atom. The molecule has 0 unspecified atom stereocenters. The van der Waals surface area contributed by atoms with Crippen LogP contribution < -0.4 is 62.2 Å². The SMILES string of the molecule is c1ccc([Si](c2ccccc2)(c2ccccc2)c2ccc3sc4ccc([Si](c5ccccc5)(c5ccccc5)c5ccc6sc7ccc([Si](c8ccccc8)(c8ccccc8)c8ccccc8)cc7c6c5)cc4c3c2)cc1. The topological polar surface area (TPSA) is 0 Å². The minimum atomic E-state index is -3.05. The van der Waals surface area contributed by atoms with E-state index >= 15 is 0 Å². The molecule has 2 heterocycles. The van der Waals surface area contributed by atoms with Gasteiger partial charge in [-0.05, 0) is 86.5 Å². The molecule has 0 aliphatic heterocycles. The van der Waals surface area contributed by atoms with E-state index in [1.807, 2.05) is 22.7 Å². The molecule has 14 aromatic rings. The van der Waals surface area contributed by atoms with Crippen LogP contribution in [0.3, 0.4) is 0 Å². The molecule has 12 aromatic carbocycles. The Morgan fingerprint density at radius 2 is 0.312 bits per heavy atom. The smallest absolute Gasteiger partial charge is 0.135 e. The second kappa shape index (κ2) is 19.7. The van der Waals surface area contributed by atoms with Gasteiger partial charge in [0.2, 0.25) is 0 Å². The molecule has 0 spiro atoms. The molecule has 0 saturated heterocycles. The zero-order valence-corrected chi connectivity index (χ0v) is 47.0. The third-order valence-corrected chi connectivity index (χ3v) is 32.9. The summed E-state index contributed by atoms with van der Waals surface area (Å²) in [6.07, 6.45) is 0. The molecule has 0 bridgehead atoms. The van der Waals surface area contributed by atoms with E-state index in [1.165, 1.54) is 103 Å². The molecule has 14 rings (SSSR count). The molecule has 0 aliphatic carbocycles. The maximum absolute atomic E-state index is 3.05. The molecule has 2 aromatic heterocycles. The van der Waals surface area contributed by atoms with Gasteiger partial charge in [0.25, 0.3) is 0 Å². The molecule has 0 atom stereocenters. The van der Waals surface area contributed by atoms with E-state index in [0.717, 1.165) is 0 Å². The van der Waals surface area contributed by atoms with Crippen LogP contribution in [0.25, 0.3) is 40.3 Å². The van der Waals surface area contributed by atoms with Crippen molar-refractivity contribution in [3.8, 4) is 0 Å². The zero-order valence-electron chi connectivity index (χ0n) is 42.3. The maximum atomic E-state index is 2.61. The summed E-state index contributed by atoms with van der Waals surface area (Å²) in [6.45, 7) is 0. The molecule has 0 aliphatic rings. The van der Waals surface area contributed by atoms with Crippen LogP contribution in [-0.2, 0) is 0 Å². The molecule has 0 fully saturated rings. The molecule has 5 heteroatoms. The molecule has 0 saturated carbocycles. The van der Waals surface area contributed by atoms with Crippen molar-refractivity contribution in [2.24, 2.45) is 0 Å². The quantitative estimate of drug-likeness (QED) is 0.0845. The van der Waals surface area contributed by atoms with E-state index in [4.69, 9.17) is 0 Å². The van der Waals surface area contributed by atoms with Gasteiger partial charge in [-0.2, -0.15) is 0 Å². The van der Waals surface area contributed by atoms with Crippen LogP contribution in [0.4, 0.5) is 0 Å². The van der Waals surface area contributed by atoms with E-state index in [1.54, 1.807) is 0 Å². The van der Waals surface area contributed by atoms with Crippen molar-refractivity contribution in [2.75, 3.05) is 0 Å². The summed E-state index contributed by atoms with van der Waals surface area (Å²) >= 11 is 3.83. The molecular weight excluding hydrogens is 1010 g/mol. The Kier molecular flexibility index (Phi) is 12.1. The van der Waals surface area contributed by atoms with Crippen LogP contribution in [0.2, 0.25) is 0 Å². The highest BCUT2D eigenvalue weighted by molar-refractivity contribution is 7.27. The third kappa shape index (κ3) is 7.64. The Hall–Kier alpha value is -8.27. The predicted octanol–water partition coefficient (Wildman–Crippen LogP) is 10.6. The number of thiophene rings is 2. The van der Waals surface area contributed by atoms with Gasteiger partial charge in [0, 0.05) is 40.3 Å². The van der Waals surface area contributed by atoms with Gasteiger partial charge in [0.15, 0.2) is 24.2 Å². The van der Waals surface area contributed by atoms with Crippen molar-refractivity contribution < 1.29 is 0 Å². The van der Waals surface area contributed by atoms with Gasteiger partial charge in [-0.1, -0.05) is 291 Å². The molecule has 0 nitrogen and oxygen atoms in total. The van der Waals surface area contributed by atoms with Gasteiger partial charge >= 0.3 is 0 Å². The zero-order chi connectivity index (χ0) is 51.2. The lowest BCUT2D eigenvalue weighted by atomic mass is 10.1. The largest absolute Gasteiger partial charge is 0.179 e. The van der Waals surface area contributed by atoms with Crippen LogP contribution in [0, 0.1) is 0 Å². The number of fused-ring (bicyclic) bond motifs is 6. The molecule has 0 N–H and O–H groups in total. The highest BCUT2D eigenvalue weighted by Gasteiger charge is 2.45. The Labute approximate surface area is 461 Å². The van der Waals surface area contributed by atoms with Crippen LogP contribution in [0.1, 0.15) is 0 Å². The van der Waals surface area contributed by atoms with E-state index in [2.05, 4.69) is 315 Å². The Balaban J connectivity index is 1.02. The Morgan fingerprint density at radius 1 is 0.156 bits per heavy atom. The lowest BCUT2D eigenvalue weighted by Gasteiger charge is -2.35. The summed E-state index contributed by atoms with van der Waals surface area (Å²) in [4.78, 5) is 0. The number of hydrogen-bond acceptors (Lipinski definition) is 2. The molecule has 0 amide bonds. The van der Waals surface area contributed by atoms with Crippen LogP contribution >= 0.6 is 22.7 Å². The number of benzene rings is 12. The minimum absolute atomic E-state index is 1.31. The second-order valence-corrected chi connectivity index (χ2v) is 33.8. The first-order valence-corrected chi connectivity index (χ1v) is 34.2. The van der Waals surface area contributed by atoms with Crippen molar-refractivity contribution >= 4 is 149 Å². The summed E-state index contributed by atoms with van der Waals surface area (Å²) < 4.78 is 5.25. The normalized spacial score (nSPS) is 12.2. The summed E-state index contributed by atoms with van der Waals surface area (Å²) in [5, 5.41) is 21.9. The van der Waals surface area contributed by atoms with Crippen molar-refractivity contribution in [3.63, 3.8) is 0 Å². The van der Waals surface area contributed by atoms with Crippen molar-refractivity contribution in [3.05, 3.63) is 315 Å². The van der Waals surface area contributed by atoms with E-state index in [-0.39, 0.29) is 0 Å². The fourth-order valence-electron chi connectivity index (χ4n) is 13.0. The van der Waals surface area contributed by atoms with Crippen molar-refractivity contribution in [1.29, 1.82) is 0 Å². The molecule has 77 heavy (non-hydrogen) atoms. The van der Waals surface area contributed by atoms with Gasteiger partial charge in [-0.3, -0.25) is 0 Å². The minimum Gasteiger partial charge on any atom is -0.135 e.